The number of alkyl carbamates (subject to hydrolysis) is 1. The number of aliphatic imine (C=N–C) groups is 2. The number of rotatable bonds is 30. The Kier molecular flexibility index (Phi) is 25.7. The van der Waals surface area contributed by atoms with E-state index in [-0.39, 0.29) is 81.8 Å². The van der Waals surface area contributed by atoms with Crippen molar-refractivity contribution in [1.29, 1.82) is 0 Å². The number of aromatic hydroxyl groups is 1. The second kappa shape index (κ2) is 31.8. The molecule has 24 nitrogen and oxygen atoms in total. The number of phenols is 1. The number of methoxy groups -OCH3 is 1. The van der Waals surface area contributed by atoms with Gasteiger partial charge in [-0.1, -0.05) is 86.6 Å². The smallest absolute Gasteiger partial charge is 0.408 e. The number of benzene rings is 3. The molecule has 6 atom stereocenters. The zero-order valence-corrected chi connectivity index (χ0v) is 42.1. The van der Waals surface area contributed by atoms with Crippen LogP contribution in [-0.4, -0.2) is 128 Å². The van der Waals surface area contributed by atoms with E-state index in [1.807, 2.05) is 19.9 Å². The Morgan fingerprint density at radius 2 is 1.03 bits per heavy atom. The van der Waals surface area contributed by atoms with Gasteiger partial charge in [-0.25, -0.2) is 9.59 Å². The molecule has 3 rings (SSSR count). The predicted octanol–water partition coefficient (Wildman–Crippen LogP) is -0.641. The van der Waals surface area contributed by atoms with Crippen molar-refractivity contribution in [2.24, 2.45) is 38.8 Å². The molecule has 402 valence electrons. The number of esters is 1. The lowest BCUT2D eigenvalue weighted by molar-refractivity contribution is -0.145. The highest BCUT2D eigenvalue weighted by atomic mass is 16.5. The lowest BCUT2D eigenvalue weighted by atomic mass is 10.00. The van der Waals surface area contributed by atoms with Crippen molar-refractivity contribution in [3.05, 3.63) is 102 Å². The van der Waals surface area contributed by atoms with Crippen LogP contribution in [0.5, 0.6) is 5.75 Å². The van der Waals surface area contributed by atoms with Crippen LogP contribution in [0, 0.1) is 5.92 Å². The molecule has 0 fully saturated rings. The molecule has 0 aliphatic heterocycles. The van der Waals surface area contributed by atoms with Crippen LogP contribution < -0.4 is 60.2 Å². The van der Waals surface area contributed by atoms with Gasteiger partial charge >= 0.3 is 12.1 Å². The van der Waals surface area contributed by atoms with Gasteiger partial charge in [0.05, 0.1) is 13.7 Å². The van der Waals surface area contributed by atoms with Gasteiger partial charge in [-0.05, 0) is 73.8 Å². The maximum Gasteiger partial charge on any atom is 0.408 e. The van der Waals surface area contributed by atoms with Gasteiger partial charge < -0.3 is 74.7 Å². The third-order valence-corrected chi connectivity index (χ3v) is 11.0. The number of hydrogen-bond donors (Lipinski definition) is 12. The van der Waals surface area contributed by atoms with Crippen molar-refractivity contribution < 1.29 is 52.9 Å². The molecule has 0 saturated carbocycles. The lowest BCUT2D eigenvalue weighted by Gasteiger charge is -2.27. The van der Waals surface area contributed by atoms with Crippen LogP contribution in [0.25, 0.3) is 0 Å². The van der Waals surface area contributed by atoms with Crippen LogP contribution in [-0.2, 0) is 62.5 Å². The Morgan fingerprint density at radius 1 is 0.554 bits per heavy atom. The summed E-state index contributed by atoms with van der Waals surface area (Å²) in [6, 6.07) is 16.2. The van der Waals surface area contributed by atoms with E-state index in [1.165, 1.54) is 19.1 Å². The van der Waals surface area contributed by atoms with Gasteiger partial charge in [0.15, 0.2) is 11.9 Å². The zero-order chi connectivity index (χ0) is 54.6. The highest BCUT2D eigenvalue weighted by Gasteiger charge is 2.33. The molecule has 0 aliphatic rings. The summed E-state index contributed by atoms with van der Waals surface area (Å²) in [6.45, 7) is 4.58. The van der Waals surface area contributed by atoms with Crippen molar-refractivity contribution in [3.8, 4) is 5.75 Å². The fourth-order valence-corrected chi connectivity index (χ4v) is 7.18. The van der Waals surface area contributed by atoms with Crippen molar-refractivity contribution in [2.45, 2.75) is 109 Å². The van der Waals surface area contributed by atoms with E-state index in [9.17, 15) is 43.5 Å². The molecule has 0 radical (unpaired) electrons. The zero-order valence-electron chi connectivity index (χ0n) is 42.1. The van der Waals surface area contributed by atoms with Crippen molar-refractivity contribution in [1.82, 2.24) is 37.2 Å². The number of nitrogens with one attached hydrogen (secondary N) is 7. The van der Waals surface area contributed by atoms with Crippen LogP contribution in [0.3, 0.4) is 0 Å². The van der Waals surface area contributed by atoms with E-state index in [4.69, 9.17) is 32.4 Å². The lowest BCUT2D eigenvalue weighted by Crippen LogP contribution is -2.59. The summed E-state index contributed by atoms with van der Waals surface area (Å²) in [5, 5.41) is 28.0. The molecule has 3 aromatic carbocycles. The van der Waals surface area contributed by atoms with Crippen molar-refractivity contribution in [2.75, 3.05) is 26.7 Å². The Balaban J connectivity index is 1.74. The number of amides is 7. The van der Waals surface area contributed by atoms with E-state index in [1.54, 1.807) is 66.7 Å². The summed E-state index contributed by atoms with van der Waals surface area (Å²) >= 11 is 0. The molecule has 0 bridgehead atoms. The average Bonchev–Trinajstić information content (AvgIpc) is 3.36. The normalized spacial score (nSPS) is 13.1. The standard InChI is InChI=1S/C50H71N13O11/c1-30(2)25-38(45(69)60-36(17-11-23-55-48(51)52)43(67)61-37(47(71)73-4)18-12-24-56-49(53)54)62-46(70)39(26-32-13-7-5-8-14-32)59-41(65)28-57-42(66)31(3)58-44(68)40(27-33-19-21-35(64)22-20-33)63-50(72)74-29-34-15-9-6-10-16-34/h5-10,13-16,19-22,30-31,36-40,64H,11-12,17-18,23-29H2,1-4H3,(H,57,66)(H,58,68)(H,59,65)(H,60,69)(H,61,67)(H,62,70)(H,63,72)(H4,51,52,55)(H4,53,54,56)/t31-,36+,37+,38+,39+,40+/m1/s1. The summed E-state index contributed by atoms with van der Waals surface area (Å²) in [7, 11) is 1.16. The largest absolute Gasteiger partial charge is 0.508 e. The number of hydrogen-bond acceptors (Lipinski definition) is 13. The molecular formula is C50H71N13O11. The first kappa shape index (κ1) is 59.9. The molecule has 3 aromatic rings. The number of carbonyl (C=O) groups is 8. The van der Waals surface area contributed by atoms with Crippen LogP contribution in [0.1, 0.15) is 69.6 Å². The van der Waals surface area contributed by atoms with Crippen LogP contribution in [0.15, 0.2) is 94.9 Å². The van der Waals surface area contributed by atoms with E-state index in [0.29, 0.717) is 23.1 Å². The van der Waals surface area contributed by atoms with Gasteiger partial charge in [0.1, 0.15) is 48.6 Å². The summed E-state index contributed by atoms with van der Waals surface area (Å²) in [6.07, 6.45) is -0.234. The third kappa shape index (κ3) is 23.2. The van der Waals surface area contributed by atoms with Crippen LogP contribution in [0.2, 0.25) is 0 Å². The molecule has 74 heavy (non-hydrogen) atoms. The maximum atomic E-state index is 14.2. The number of guanidine groups is 2. The molecule has 0 aromatic heterocycles. The second-order valence-electron chi connectivity index (χ2n) is 17.6. The topological polar surface area (TPSA) is 388 Å². The molecule has 0 aliphatic carbocycles. The number of nitrogens with two attached hydrogens (primary N) is 4. The highest BCUT2D eigenvalue weighted by Crippen LogP contribution is 2.14. The van der Waals surface area contributed by atoms with E-state index >= 15 is 0 Å². The maximum absolute atomic E-state index is 14.2. The predicted molar refractivity (Wildman–Crippen MR) is 275 cm³/mol. The van der Waals surface area contributed by atoms with Crippen LogP contribution in [0.4, 0.5) is 4.79 Å². The number of nitrogens with zero attached hydrogens (tertiary/aromatic N) is 2. The van der Waals surface area contributed by atoms with Gasteiger partial charge in [-0.2, -0.15) is 0 Å². The molecule has 24 heteroatoms. The molecular weight excluding hydrogens is 959 g/mol. The fourth-order valence-electron chi connectivity index (χ4n) is 7.18. The van der Waals surface area contributed by atoms with Gasteiger partial charge in [0, 0.05) is 25.9 Å². The Bertz CT molecular complexity index is 2360. The Hall–Kier alpha value is -8.44. The average molecular weight is 1030 g/mol. The van der Waals surface area contributed by atoms with E-state index in [2.05, 4.69) is 47.2 Å². The van der Waals surface area contributed by atoms with Crippen LogP contribution >= 0.6 is 0 Å². The molecule has 7 amide bonds. The minimum Gasteiger partial charge on any atom is -0.508 e. The van der Waals surface area contributed by atoms with E-state index in [0.717, 1.165) is 7.11 Å². The van der Waals surface area contributed by atoms with Gasteiger partial charge in [0.25, 0.3) is 0 Å². The quantitative estimate of drug-likeness (QED) is 0.0171. The highest BCUT2D eigenvalue weighted by molar-refractivity contribution is 5.96. The van der Waals surface area contributed by atoms with Crippen molar-refractivity contribution in [3.63, 3.8) is 0 Å². The minimum absolute atomic E-state index is 0.00607. The van der Waals surface area contributed by atoms with E-state index < -0.39 is 90.3 Å². The number of carbonyl (C=O) groups excluding carboxylic acids is 8. The Morgan fingerprint density at radius 3 is 1.58 bits per heavy atom. The molecule has 0 heterocycles. The molecule has 0 unspecified atom stereocenters. The molecule has 0 spiro atoms. The third-order valence-electron chi connectivity index (χ3n) is 11.0. The summed E-state index contributed by atoms with van der Waals surface area (Å²) < 4.78 is 10.2. The van der Waals surface area contributed by atoms with Gasteiger partial charge in [-0.3, -0.25) is 38.8 Å². The summed E-state index contributed by atoms with van der Waals surface area (Å²) in [4.78, 5) is 116. The fraction of sp³-hybridized carbons (Fsp3) is 0.440. The SMILES string of the molecule is COC(=O)[C@H](CCCN=C(N)N)NC(=O)[C@H](CCCN=C(N)N)NC(=O)[C@H](CC(C)C)NC(=O)[C@H](Cc1ccccc1)NC(=O)CNC(=O)[C@@H](C)NC(=O)[C@H](Cc1ccc(O)cc1)NC(=O)OCc1ccccc1. The monoisotopic (exact) mass is 1030 g/mol. The minimum atomic E-state index is -1.28. The number of phenolic OH excluding ortho intramolecular Hbond substituents is 1. The van der Waals surface area contributed by atoms with Gasteiger partial charge in [-0.15, -0.1) is 0 Å². The first-order chi connectivity index (χ1) is 35.2. The second-order valence-corrected chi connectivity index (χ2v) is 17.6. The Labute approximate surface area is 430 Å². The number of ether oxygens (including phenoxy) is 2. The molecule has 16 N–H and O–H groups in total. The molecule has 0 saturated heterocycles. The van der Waals surface area contributed by atoms with Crippen molar-refractivity contribution >= 4 is 59.4 Å². The summed E-state index contributed by atoms with van der Waals surface area (Å²) in [5.41, 5.74) is 23.7. The summed E-state index contributed by atoms with van der Waals surface area (Å²) in [5.74, 6) is -5.79. The van der Waals surface area contributed by atoms with Gasteiger partial charge in [0.2, 0.25) is 35.4 Å². The first-order valence-electron chi connectivity index (χ1n) is 24.0. The first-order valence-corrected chi connectivity index (χ1v) is 24.0.